The molecule has 2 fully saturated rings. The first-order valence-electron chi connectivity index (χ1n) is 9.51. The van der Waals surface area contributed by atoms with E-state index in [2.05, 4.69) is 5.32 Å². The Morgan fingerprint density at radius 1 is 1.35 bits per heavy atom. The van der Waals surface area contributed by atoms with Crippen LogP contribution in [-0.2, 0) is 26.3 Å². The van der Waals surface area contributed by atoms with Crippen molar-refractivity contribution in [1.29, 1.82) is 0 Å². The molecule has 7 heteroatoms. The van der Waals surface area contributed by atoms with E-state index >= 15 is 0 Å². The lowest BCUT2D eigenvalue weighted by atomic mass is 9.86. The quantitative estimate of drug-likeness (QED) is 0.798. The van der Waals surface area contributed by atoms with E-state index in [9.17, 15) is 9.59 Å². The van der Waals surface area contributed by atoms with Gasteiger partial charge in [-0.2, -0.15) is 0 Å². The number of amides is 1. The van der Waals surface area contributed by atoms with Gasteiger partial charge in [0.2, 0.25) is 0 Å². The Labute approximate surface area is 157 Å². The van der Waals surface area contributed by atoms with Crippen LogP contribution in [0.3, 0.4) is 0 Å². The smallest absolute Gasteiger partial charge is 0.328 e. The van der Waals surface area contributed by atoms with Gasteiger partial charge in [-0.05, 0) is 63.2 Å². The van der Waals surface area contributed by atoms with Gasteiger partial charge in [-0.15, -0.1) is 11.3 Å². The topological polar surface area (TPSA) is 67.9 Å². The fraction of sp³-hybridized carbons (Fsp3) is 0.684. The Morgan fingerprint density at radius 3 is 2.92 bits per heavy atom. The first kappa shape index (κ1) is 17.9. The van der Waals surface area contributed by atoms with Crippen molar-refractivity contribution in [3.8, 4) is 0 Å². The van der Waals surface area contributed by atoms with Crippen LogP contribution in [0.4, 0.5) is 0 Å². The number of carbonyl (C=O) groups is 2. The van der Waals surface area contributed by atoms with Crippen molar-refractivity contribution >= 4 is 23.2 Å². The van der Waals surface area contributed by atoms with E-state index in [0.29, 0.717) is 19.6 Å². The van der Waals surface area contributed by atoms with Crippen molar-refractivity contribution in [1.82, 2.24) is 10.2 Å². The number of hydrogen-bond acceptors (Lipinski definition) is 6. The molecule has 1 spiro atoms. The number of esters is 1. The van der Waals surface area contributed by atoms with Gasteiger partial charge in [0.05, 0.1) is 18.6 Å². The summed E-state index contributed by atoms with van der Waals surface area (Å²) in [5.74, 6) is -0.346. The van der Waals surface area contributed by atoms with Crippen molar-refractivity contribution < 1.29 is 19.1 Å². The van der Waals surface area contributed by atoms with Gasteiger partial charge in [0, 0.05) is 11.4 Å². The van der Waals surface area contributed by atoms with Gasteiger partial charge < -0.3 is 19.7 Å². The summed E-state index contributed by atoms with van der Waals surface area (Å²) in [7, 11) is 1.39. The monoisotopic (exact) mass is 378 g/mol. The predicted octanol–water partition coefficient (Wildman–Crippen LogP) is 2.07. The Balaban J connectivity index is 1.62. The fourth-order valence-electron chi connectivity index (χ4n) is 4.43. The van der Waals surface area contributed by atoms with E-state index in [1.54, 1.807) is 16.2 Å². The Hall–Kier alpha value is -1.44. The van der Waals surface area contributed by atoms with Crippen LogP contribution in [0, 0.1) is 0 Å². The van der Waals surface area contributed by atoms with Crippen LogP contribution >= 0.6 is 11.3 Å². The molecule has 0 aromatic carbocycles. The molecule has 4 heterocycles. The molecule has 1 atom stereocenters. The van der Waals surface area contributed by atoms with Crippen molar-refractivity contribution in [2.45, 2.75) is 50.2 Å². The zero-order valence-electron chi connectivity index (χ0n) is 15.2. The number of ether oxygens (including phenoxy) is 2. The number of rotatable bonds is 2. The van der Waals surface area contributed by atoms with Crippen LogP contribution in [-0.4, -0.2) is 56.2 Å². The Morgan fingerprint density at radius 2 is 2.15 bits per heavy atom. The van der Waals surface area contributed by atoms with Crippen LogP contribution in [0.25, 0.3) is 0 Å². The zero-order chi connectivity index (χ0) is 18.1. The highest BCUT2D eigenvalue weighted by atomic mass is 32.1. The number of thiophene rings is 1. The zero-order valence-corrected chi connectivity index (χ0v) is 16.0. The molecule has 0 bridgehead atoms. The summed E-state index contributed by atoms with van der Waals surface area (Å²) in [4.78, 5) is 29.0. The van der Waals surface area contributed by atoms with E-state index in [1.165, 1.54) is 17.6 Å². The van der Waals surface area contributed by atoms with E-state index in [4.69, 9.17) is 9.47 Å². The summed E-state index contributed by atoms with van der Waals surface area (Å²) in [5.41, 5.74) is 1.02. The number of nitrogens with zero attached hydrogens (tertiary/aromatic N) is 1. The maximum absolute atomic E-state index is 13.2. The van der Waals surface area contributed by atoms with Crippen molar-refractivity contribution in [2.24, 2.45) is 0 Å². The molecular weight excluding hydrogens is 352 g/mol. The first-order chi connectivity index (χ1) is 12.6. The van der Waals surface area contributed by atoms with Crippen LogP contribution in [0.2, 0.25) is 0 Å². The van der Waals surface area contributed by atoms with Crippen LogP contribution in [0.5, 0.6) is 0 Å². The Bertz CT molecular complexity index is 696. The third-order valence-corrected chi connectivity index (χ3v) is 7.18. The van der Waals surface area contributed by atoms with Crippen molar-refractivity contribution in [2.75, 3.05) is 33.4 Å². The molecule has 0 saturated carbocycles. The number of hydrogen-bond donors (Lipinski definition) is 1. The second-order valence-electron chi connectivity index (χ2n) is 7.34. The van der Waals surface area contributed by atoms with E-state index in [0.717, 1.165) is 50.1 Å². The summed E-state index contributed by atoms with van der Waals surface area (Å²) in [5, 5.41) is 3.39. The molecular formula is C19H26N2O4S. The summed E-state index contributed by atoms with van der Waals surface area (Å²) in [6, 6.07) is 1.59. The minimum atomic E-state index is -0.454. The molecule has 1 aromatic rings. The lowest BCUT2D eigenvalue weighted by Crippen LogP contribution is -2.48. The number of piperidine rings is 2. The summed E-state index contributed by atoms with van der Waals surface area (Å²) >= 11 is 1.57. The van der Waals surface area contributed by atoms with Crippen LogP contribution < -0.4 is 5.32 Å². The standard InChI is InChI=1S/C19H26N2O4S/c1-24-18(23)14-4-2-3-10-21(14)17(22)15-12-13-5-11-25-19(16(13)26-15)6-8-20-9-7-19/h12,14,20H,2-11H2,1H3. The number of nitrogens with one attached hydrogen (secondary N) is 1. The van der Waals surface area contributed by atoms with Gasteiger partial charge >= 0.3 is 5.97 Å². The van der Waals surface area contributed by atoms with Gasteiger partial charge in [0.15, 0.2) is 0 Å². The third-order valence-electron chi connectivity index (χ3n) is 5.83. The SMILES string of the molecule is COC(=O)C1CCCCN1C(=O)c1cc2c(s1)C1(CCNCC1)OCC2. The number of fused-ring (bicyclic) bond motifs is 2. The number of methoxy groups -OCH3 is 1. The molecule has 1 aromatic heterocycles. The van der Waals surface area contributed by atoms with Gasteiger partial charge in [0.1, 0.15) is 11.6 Å². The lowest BCUT2D eigenvalue weighted by molar-refractivity contribution is -0.147. The molecule has 3 aliphatic heterocycles. The number of carbonyl (C=O) groups excluding carboxylic acids is 2. The average Bonchev–Trinajstić information content (AvgIpc) is 3.13. The highest BCUT2D eigenvalue weighted by Gasteiger charge is 2.42. The van der Waals surface area contributed by atoms with Crippen LogP contribution in [0.15, 0.2) is 6.07 Å². The fourth-order valence-corrected chi connectivity index (χ4v) is 5.79. The molecule has 6 nitrogen and oxygen atoms in total. The second kappa shape index (κ2) is 7.29. The van der Waals surface area contributed by atoms with E-state index < -0.39 is 6.04 Å². The molecule has 142 valence electrons. The molecule has 0 radical (unpaired) electrons. The Kier molecular flexibility index (Phi) is 5.03. The molecule has 1 N–H and O–H groups in total. The minimum absolute atomic E-state index is 0.0383. The van der Waals surface area contributed by atoms with Gasteiger partial charge in [-0.3, -0.25) is 4.79 Å². The molecule has 1 unspecified atom stereocenters. The maximum atomic E-state index is 13.2. The van der Waals surface area contributed by atoms with Crippen molar-refractivity contribution in [3.05, 3.63) is 21.4 Å². The normalized spacial score (nSPS) is 25.0. The molecule has 3 aliphatic rings. The summed E-state index contributed by atoms with van der Waals surface area (Å²) in [6.07, 6.45) is 5.32. The van der Waals surface area contributed by atoms with Crippen LogP contribution in [0.1, 0.15) is 52.2 Å². The van der Waals surface area contributed by atoms with Crippen molar-refractivity contribution in [3.63, 3.8) is 0 Å². The predicted molar refractivity (Wildman–Crippen MR) is 98.4 cm³/mol. The van der Waals surface area contributed by atoms with Gasteiger partial charge in [-0.1, -0.05) is 0 Å². The molecule has 26 heavy (non-hydrogen) atoms. The van der Waals surface area contributed by atoms with Gasteiger partial charge in [-0.25, -0.2) is 4.79 Å². The summed E-state index contributed by atoms with van der Waals surface area (Å²) < 4.78 is 11.1. The third kappa shape index (κ3) is 3.06. The molecule has 0 aliphatic carbocycles. The van der Waals surface area contributed by atoms with E-state index in [1.807, 2.05) is 6.07 Å². The van der Waals surface area contributed by atoms with E-state index in [-0.39, 0.29) is 17.5 Å². The molecule has 1 amide bonds. The second-order valence-corrected chi connectivity index (χ2v) is 8.39. The maximum Gasteiger partial charge on any atom is 0.328 e. The highest BCUT2D eigenvalue weighted by molar-refractivity contribution is 7.14. The summed E-state index contributed by atoms with van der Waals surface area (Å²) in [6.45, 7) is 3.22. The number of likely N-dealkylation sites (tertiary alicyclic amines) is 1. The molecule has 2 saturated heterocycles. The molecule has 4 rings (SSSR count). The van der Waals surface area contributed by atoms with Gasteiger partial charge in [0.25, 0.3) is 5.91 Å². The average molecular weight is 378 g/mol. The highest BCUT2D eigenvalue weighted by Crippen LogP contribution is 2.44. The largest absolute Gasteiger partial charge is 0.467 e. The lowest BCUT2D eigenvalue weighted by Gasteiger charge is -2.40. The first-order valence-corrected chi connectivity index (χ1v) is 10.3. The minimum Gasteiger partial charge on any atom is -0.467 e.